The van der Waals surface area contributed by atoms with Gasteiger partial charge in [0.05, 0.1) is 11.5 Å². The summed E-state index contributed by atoms with van der Waals surface area (Å²) < 4.78 is 30.2. The number of hydrogen-bond acceptors (Lipinski definition) is 6. The van der Waals surface area contributed by atoms with Gasteiger partial charge < -0.3 is 0 Å². The van der Waals surface area contributed by atoms with Gasteiger partial charge >= 0.3 is 5.69 Å². The van der Waals surface area contributed by atoms with Gasteiger partial charge in [0, 0.05) is 24.2 Å². The zero-order valence-corrected chi connectivity index (χ0v) is 16.7. The summed E-state index contributed by atoms with van der Waals surface area (Å²) in [4.78, 5) is 22.8. The molecule has 1 fully saturated rings. The number of nitro benzene ring substituents is 1. The first-order valence-electron chi connectivity index (χ1n) is 9.36. The molecule has 4 rings (SSSR count). The van der Waals surface area contributed by atoms with Crippen molar-refractivity contribution >= 4 is 15.7 Å². The van der Waals surface area contributed by atoms with Crippen molar-refractivity contribution in [3.63, 3.8) is 0 Å². The van der Waals surface area contributed by atoms with Crippen molar-refractivity contribution < 1.29 is 13.3 Å². The van der Waals surface area contributed by atoms with Gasteiger partial charge in [-0.25, -0.2) is 22.6 Å². The van der Waals surface area contributed by atoms with Gasteiger partial charge in [0.25, 0.3) is 5.69 Å². The molecule has 30 heavy (non-hydrogen) atoms. The number of aromatic nitrogens is 3. The van der Waals surface area contributed by atoms with Crippen molar-refractivity contribution in [2.75, 3.05) is 6.54 Å². The molecule has 1 N–H and O–H groups in total. The molecule has 0 spiro atoms. The maximum atomic E-state index is 12.8. The normalized spacial score (nSPS) is 14.0. The lowest BCUT2D eigenvalue weighted by molar-refractivity contribution is -0.387. The van der Waals surface area contributed by atoms with Crippen LogP contribution in [0.5, 0.6) is 0 Å². The van der Waals surface area contributed by atoms with Crippen LogP contribution in [0.2, 0.25) is 0 Å². The van der Waals surface area contributed by atoms with E-state index in [1.807, 2.05) is 30.3 Å². The average Bonchev–Trinajstić information content (AvgIpc) is 3.52. The summed E-state index contributed by atoms with van der Waals surface area (Å²) >= 11 is 0. The largest absolute Gasteiger partial charge is 0.346 e. The summed E-state index contributed by atoms with van der Waals surface area (Å²) in [7, 11) is -4.12. The Morgan fingerprint density at radius 3 is 2.43 bits per heavy atom. The molecule has 1 heterocycles. The van der Waals surface area contributed by atoms with Gasteiger partial charge in [-0.15, -0.1) is 5.10 Å². The van der Waals surface area contributed by atoms with Crippen molar-refractivity contribution in [2.24, 2.45) is 0 Å². The van der Waals surface area contributed by atoms with Crippen LogP contribution < -0.4 is 10.4 Å². The van der Waals surface area contributed by atoms with Gasteiger partial charge in [-0.05, 0) is 18.9 Å². The third kappa shape index (κ3) is 3.89. The number of nitrogens with zero attached hydrogens (tertiary/aromatic N) is 4. The fourth-order valence-electron chi connectivity index (χ4n) is 3.21. The lowest BCUT2D eigenvalue weighted by Gasteiger charge is -2.07. The number of nitrogens with one attached hydrogen (secondary N) is 1. The first kappa shape index (κ1) is 20.0. The maximum Gasteiger partial charge on any atom is 0.346 e. The second kappa shape index (κ2) is 7.84. The summed E-state index contributed by atoms with van der Waals surface area (Å²) in [6.45, 7) is -0.136. The lowest BCUT2D eigenvalue weighted by atomic mass is 10.2. The minimum Gasteiger partial charge on any atom is -0.272 e. The second-order valence-corrected chi connectivity index (χ2v) is 8.65. The molecule has 11 heteroatoms. The molecule has 2 aromatic carbocycles. The standard InChI is InChI=1S/C19H19N5O5S/c25-19-22(21-18(23(19)15-10-11-15)14-6-2-1-3-7-14)13-12-20-30(28,29)17-9-5-4-8-16(17)24(26)27/h1-9,15,20H,10-13H2. The molecule has 0 atom stereocenters. The van der Waals surface area contributed by atoms with E-state index in [-0.39, 0.29) is 24.8 Å². The number of benzene rings is 2. The first-order valence-corrected chi connectivity index (χ1v) is 10.8. The van der Waals surface area contributed by atoms with E-state index in [0.717, 1.165) is 24.5 Å². The summed E-state index contributed by atoms with van der Waals surface area (Å²) in [5.41, 5.74) is -0.00599. The number of hydrogen-bond donors (Lipinski definition) is 1. The highest BCUT2D eigenvalue weighted by atomic mass is 32.2. The van der Waals surface area contributed by atoms with Gasteiger partial charge in [-0.3, -0.25) is 14.7 Å². The Balaban J connectivity index is 1.55. The fourth-order valence-corrected chi connectivity index (χ4v) is 4.40. The van der Waals surface area contributed by atoms with Crippen LogP contribution in [0.25, 0.3) is 11.4 Å². The highest BCUT2D eigenvalue weighted by Gasteiger charge is 2.30. The van der Waals surface area contributed by atoms with Gasteiger partial charge in [0.15, 0.2) is 10.7 Å². The lowest BCUT2D eigenvalue weighted by Crippen LogP contribution is -2.32. The van der Waals surface area contributed by atoms with Crippen LogP contribution in [0.15, 0.2) is 64.3 Å². The van der Waals surface area contributed by atoms with E-state index in [0.29, 0.717) is 5.82 Å². The van der Waals surface area contributed by atoms with E-state index < -0.39 is 25.5 Å². The molecule has 0 aliphatic heterocycles. The molecule has 0 radical (unpaired) electrons. The Kier molecular flexibility index (Phi) is 5.22. The van der Waals surface area contributed by atoms with Gasteiger partial charge in [-0.2, -0.15) is 0 Å². The average molecular weight is 429 g/mol. The van der Waals surface area contributed by atoms with Crippen molar-refractivity contribution in [2.45, 2.75) is 30.3 Å². The van der Waals surface area contributed by atoms with Gasteiger partial charge in [-0.1, -0.05) is 42.5 Å². The molecule has 0 saturated heterocycles. The molecule has 10 nitrogen and oxygen atoms in total. The number of sulfonamides is 1. The van der Waals surface area contributed by atoms with E-state index in [1.165, 1.54) is 22.9 Å². The number of rotatable bonds is 8. The zero-order chi connectivity index (χ0) is 21.3. The van der Waals surface area contributed by atoms with Crippen molar-refractivity contribution in [3.8, 4) is 11.4 Å². The Morgan fingerprint density at radius 1 is 1.10 bits per heavy atom. The van der Waals surface area contributed by atoms with Gasteiger partial charge in [0.1, 0.15) is 0 Å². The monoisotopic (exact) mass is 429 g/mol. The van der Waals surface area contributed by atoms with Crippen LogP contribution in [0.1, 0.15) is 18.9 Å². The van der Waals surface area contributed by atoms with Gasteiger partial charge in [0.2, 0.25) is 10.0 Å². The van der Waals surface area contributed by atoms with E-state index in [4.69, 9.17) is 0 Å². The van der Waals surface area contributed by atoms with E-state index >= 15 is 0 Å². The topological polar surface area (TPSA) is 129 Å². The van der Waals surface area contributed by atoms with Crippen LogP contribution in [-0.2, 0) is 16.6 Å². The smallest absolute Gasteiger partial charge is 0.272 e. The van der Waals surface area contributed by atoms with Crippen LogP contribution in [-0.4, -0.2) is 34.2 Å². The van der Waals surface area contributed by atoms with Crippen LogP contribution in [0.4, 0.5) is 5.69 Å². The van der Waals surface area contributed by atoms with Crippen LogP contribution in [0.3, 0.4) is 0 Å². The molecule has 0 amide bonds. The number of para-hydroxylation sites is 1. The third-order valence-electron chi connectivity index (χ3n) is 4.78. The van der Waals surface area contributed by atoms with Crippen molar-refractivity contribution in [1.29, 1.82) is 0 Å². The SMILES string of the molecule is O=c1n(CCNS(=O)(=O)c2ccccc2[N+](=O)[O-])nc(-c2ccccc2)n1C1CC1. The first-order chi connectivity index (χ1) is 14.4. The summed E-state index contributed by atoms with van der Waals surface area (Å²) in [6.07, 6.45) is 1.80. The molecule has 0 unspecified atom stereocenters. The molecule has 0 bridgehead atoms. The summed E-state index contributed by atoms with van der Waals surface area (Å²) in [6, 6.07) is 14.5. The zero-order valence-electron chi connectivity index (χ0n) is 15.8. The molecular weight excluding hydrogens is 410 g/mol. The van der Waals surface area contributed by atoms with E-state index in [1.54, 1.807) is 4.57 Å². The van der Waals surface area contributed by atoms with Crippen molar-refractivity contribution in [3.05, 3.63) is 75.2 Å². The predicted octanol–water partition coefficient (Wildman–Crippen LogP) is 1.93. The summed E-state index contributed by atoms with van der Waals surface area (Å²) in [5.74, 6) is 0.546. The maximum absolute atomic E-state index is 12.8. The minimum absolute atomic E-state index is 0.00174. The summed E-state index contributed by atoms with van der Waals surface area (Å²) in [5, 5.41) is 15.5. The molecule has 1 aliphatic carbocycles. The van der Waals surface area contributed by atoms with E-state index in [2.05, 4.69) is 9.82 Å². The van der Waals surface area contributed by atoms with Crippen molar-refractivity contribution in [1.82, 2.24) is 19.1 Å². The van der Waals surface area contributed by atoms with Crippen LogP contribution in [0, 0.1) is 10.1 Å². The van der Waals surface area contributed by atoms with Crippen LogP contribution >= 0.6 is 0 Å². The van der Waals surface area contributed by atoms with E-state index in [9.17, 15) is 23.3 Å². The molecule has 1 aliphatic rings. The third-order valence-corrected chi connectivity index (χ3v) is 6.29. The second-order valence-electron chi connectivity index (χ2n) is 6.92. The Bertz CT molecular complexity index is 1250. The molecule has 156 valence electrons. The Labute approximate surface area is 172 Å². The quantitative estimate of drug-likeness (QED) is 0.430. The highest BCUT2D eigenvalue weighted by Crippen LogP contribution is 2.36. The molecule has 1 aromatic heterocycles. The highest BCUT2D eigenvalue weighted by molar-refractivity contribution is 7.89. The number of nitro groups is 1. The molecule has 3 aromatic rings. The minimum atomic E-state index is -4.12. The molecule has 1 saturated carbocycles. The Hall–Kier alpha value is -3.31. The fraction of sp³-hybridized carbons (Fsp3) is 0.263. The Morgan fingerprint density at radius 2 is 1.77 bits per heavy atom. The molecular formula is C19H19N5O5S. The predicted molar refractivity (Wildman–Crippen MR) is 108 cm³/mol.